The van der Waals surface area contributed by atoms with Crippen molar-refractivity contribution in [3.63, 3.8) is 0 Å². The van der Waals surface area contributed by atoms with Gasteiger partial charge < -0.3 is 8.92 Å². The average Bonchev–Trinajstić information content (AvgIpc) is 2.92. The predicted octanol–water partition coefficient (Wildman–Crippen LogP) is 2.72. The van der Waals surface area contributed by atoms with E-state index in [1.807, 2.05) is 0 Å². The number of carbonyl (C=O) groups excluding carboxylic acids is 1. The number of esters is 1. The summed E-state index contributed by atoms with van der Waals surface area (Å²) in [6.45, 7) is 2.97. The predicted molar refractivity (Wildman–Crippen MR) is 79.8 cm³/mol. The highest BCUT2D eigenvalue weighted by atomic mass is 32.2. The number of carbonyl (C=O) groups is 1. The largest absolute Gasteiger partial charge is 0.534 e. The van der Waals surface area contributed by atoms with Crippen LogP contribution in [0, 0.1) is 12.7 Å². The standard InChI is InChI=1S/C14H12F4N2O5S/c1-3-24-13(21)10-7-12(25-26(22,23)14(16,17)18)20(19-10)11-6-8(2)4-5-9(11)15/h4-7H,3H2,1-2H3. The van der Waals surface area contributed by atoms with Crippen LogP contribution in [0.15, 0.2) is 24.3 Å². The number of nitrogens with zero attached hydrogens (tertiary/aromatic N) is 2. The normalized spacial score (nSPS) is 12.1. The fourth-order valence-corrected chi connectivity index (χ4v) is 2.28. The molecule has 7 nitrogen and oxygen atoms in total. The van der Waals surface area contributed by atoms with Gasteiger partial charge in [-0.15, -0.1) is 0 Å². The molecule has 2 rings (SSSR count). The van der Waals surface area contributed by atoms with Crippen LogP contribution >= 0.6 is 0 Å². The Bertz CT molecular complexity index is 937. The average molecular weight is 396 g/mol. The quantitative estimate of drug-likeness (QED) is 0.334. The summed E-state index contributed by atoms with van der Waals surface area (Å²) in [5.41, 5.74) is -6.19. The number of ether oxygens (including phenoxy) is 1. The van der Waals surface area contributed by atoms with Crippen molar-refractivity contribution in [2.24, 2.45) is 0 Å². The van der Waals surface area contributed by atoms with Crippen molar-refractivity contribution >= 4 is 16.1 Å². The third-order valence-corrected chi connectivity index (χ3v) is 3.93. The molecule has 26 heavy (non-hydrogen) atoms. The zero-order valence-corrected chi connectivity index (χ0v) is 14.2. The van der Waals surface area contributed by atoms with Gasteiger partial charge >= 0.3 is 21.6 Å². The first-order valence-electron chi connectivity index (χ1n) is 7.00. The summed E-state index contributed by atoms with van der Waals surface area (Å²) in [6.07, 6.45) is 0. The van der Waals surface area contributed by atoms with Crippen LogP contribution in [0.3, 0.4) is 0 Å². The molecule has 1 aromatic heterocycles. The molecule has 0 saturated carbocycles. The molecule has 0 saturated heterocycles. The third kappa shape index (κ3) is 3.95. The van der Waals surface area contributed by atoms with Crippen molar-refractivity contribution in [2.45, 2.75) is 19.4 Å². The second kappa shape index (κ2) is 6.94. The number of halogens is 4. The minimum atomic E-state index is -6.06. The highest BCUT2D eigenvalue weighted by Crippen LogP contribution is 2.30. The SMILES string of the molecule is CCOC(=O)c1cc(OS(=O)(=O)C(F)(F)F)n(-c2cc(C)ccc2F)n1. The van der Waals surface area contributed by atoms with E-state index < -0.39 is 44.7 Å². The van der Waals surface area contributed by atoms with Gasteiger partial charge in [-0.1, -0.05) is 6.07 Å². The van der Waals surface area contributed by atoms with Gasteiger partial charge in [-0.3, -0.25) is 0 Å². The Hall–Kier alpha value is -2.63. The number of hydrogen-bond donors (Lipinski definition) is 0. The van der Waals surface area contributed by atoms with E-state index >= 15 is 0 Å². The lowest BCUT2D eigenvalue weighted by Crippen LogP contribution is -2.28. The van der Waals surface area contributed by atoms with Gasteiger partial charge in [0.15, 0.2) is 5.69 Å². The number of benzene rings is 1. The van der Waals surface area contributed by atoms with Crippen molar-refractivity contribution in [3.05, 3.63) is 41.3 Å². The van der Waals surface area contributed by atoms with Crippen molar-refractivity contribution in [3.8, 4) is 11.6 Å². The first kappa shape index (κ1) is 19.7. The molecule has 2 aromatic rings. The van der Waals surface area contributed by atoms with Crippen LogP contribution < -0.4 is 4.18 Å². The van der Waals surface area contributed by atoms with E-state index in [0.717, 1.165) is 6.07 Å². The minimum absolute atomic E-state index is 0.0679. The van der Waals surface area contributed by atoms with E-state index in [0.29, 0.717) is 16.3 Å². The second-order valence-electron chi connectivity index (χ2n) is 4.94. The van der Waals surface area contributed by atoms with Gasteiger partial charge in [0.25, 0.3) is 0 Å². The molecule has 0 radical (unpaired) electrons. The van der Waals surface area contributed by atoms with E-state index in [-0.39, 0.29) is 6.61 Å². The van der Waals surface area contributed by atoms with Gasteiger partial charge in [0, 0.05) is 6.07 Å². The monoisotopic (exact) mass is 396 g/mol. The summed E-state index contributed by atoms with van der Waals surface area (Å²) in [7, 11) is -6.06. The molecule has 0 aliphatic rings. The molecule has 0 aliphatic carbocycles. The molecule has 1 aromatic carbocycles. The molecule has 0 amide bonds. The topological polar surface area (TPSA) is 87.5 Å². The second-order valence-corrected chi connectivity index (χ2v) is 6.48. The summed E-state index contributed by atoms with van der Waals surface area (Å²) in [6, 6.07) is 4.17. The summed E-state index contributed by atoms with van der Waals surface area (Å²) < 4.78 is 83.4. The molecule has 1 heterocycles. The molecule has 142 valence electrons. The van der Waals surface area contributed by atoms with E-state index in [2.05, 4.69) is 14.0 Å². The fourth-order valence-electron chi connectivity index (χ4n) is 1.85. The third-order valence-electron chi connectivity index (χ3n) is 2.97. The minimum Gasteiger partial charge on any atom is -0.461 e. The molecule has 0 fully saturated rings. The molecule has 12 heteroatoms. The number of rotatable bonds is 5. The van der Waals surface area contributed by atoms with E-state index in [1.165, 1.54) is 19.1 Å². The summed E-state index contributed by atoms with van der Waals surface area (Å²) in [4.78, 5) is 11.7. The van der Waals surface area contributed by atoms with Crippen LogP contribution in [-0.2, 0) is 14.9 Å². The lowest BCUT2D eigenvalue weighted by atomic mass is 10.2. The molecule has 0 aliphatic heterocycles. The van der Waals surface area contributed by atoms with Crippen LogP contribution in [-0.4, -0.2) is 36.3 Å². The lowest BCUT2D eigenvalue weighted by molar-refractivity contribution is -0.0502. The first-order valence-corrected chi connectivity index (χ1v) is 8.41. The lowest BCUT2D eigenvalue weighted by Gasteiger charge is -2.11. The highest BCUT2D eigenvalue weighted by Gasteiger charge is 2.49. The maximum absolute atomic E-state index is 14.1. The highest BCUT2D eigenvalue weighted by molar-refractivity contribution is 7.87. The Morgan fingerprint density at radius 1 is 1.27 bits per heavy atom. The first-order chi connectivity index (χ1) is 12.0. The molecule has 0 unspecified atom stereocenters. The van der Waals surface area contributed by atoms with E-state index in [4.69, 9.17) is 0 Å². The number of hydrogen-bond acceptors (Lipinski definition) is 6. The Balaban J connectivity index is 2.62. The van der Waals surface area contributed by atoms with E-state index in [9.17, 15) is 30.8 Å². The van der Waals surface area contributed by atoms with Gasteiger partial charge in [0.05, 0.1) is 6.61 Å². The summed E-state index contributed by atoms with van der Waals surface area (Å²) >= 11 is 0. The van der Waals surface area contributed by atoms with Gasteiger partial charge in [-0.25, -0.2) is 9.18 Å². The smallest absolute Gasteiger partial charge is 0.461 e. The Morgan fingerprint density at radius 3 is 2.50 bits per heavy atom. The molecule has 0 spiro atoms. The fraction of sp³-hybridized carbons (Fsp3) is 0.286. The number of aromatic nitrogens is 2. The van der Waals surface area contributed by atoms with Crippen molar-refractivity contribution < 1.29 is 39.7 Å². The Labute approximate surface area is 145 Å². The molecular formula is C14H12F4N2O5S. The van der Waals surface area contributed by atoms with Crippen molar-refractivity contribution in [1.82, 2.24) is 9.78 Å². The van der Waals surface area contributed by atoms with Crippen LogP contribution in [0.25, 0.3) is 5.69 Å². The molecule has 0 bridgehead atoms. The summed E-state index contributed by atoms with van der Waals surface area (Å²) in [5, 5.41) is 3.61. The van der Waals surface area contributed by atoms with Crippen LogP contribution in [0.4, 0.5) is 17.6 Å². The Kier molecular flexibility index (Phi) is 5.26. The molecular weight excluding hydrogens is 384 g/mol. The van der Waals surface area contributed by atoms with Crippen molar-refractivity contribution in [1.29, 1.82) is 0 Å². The van der Waals surface area contributed by atoms with Gasteiger partial charge in [-0.2, -0.15) is 31.4 Å². The molecule has 0 atom stereocenters. The maximum Gasteiger partial charge on any atom is 0.534 e. The number of alkyl halides is 3. The van der Waals surface area contributed by atoms with Crippen molar-refractivity contribution in [2.75, 3.05) is 6.61 Å². The number of aryl methyl sites for hydroxylation is 1. The maximum atomic E-state index is 14.1. The van der Waals surface area contributed by atoms with Crippen LogP contribution in [0.1, 0.15) is 23.0 Å². The van der Waals surface area contributed by atoms with E-state index in [1.54, 1.807) is 6.92 Å². The van der Waals surface area contributed by atoms with Gasteiger partial charge in [0.1, 0.15) is 11.5 Å². The Morgan fingerprint density at radius 2 is 1.92 bits per heavy atom. The van der Waals surface area contributed by atoms with Gasteiger partial charge in [0.2, 0.25) is 5.88 Å². The summed E-state index contributed by atoms with van der Waals surface area (Å²) in [5.74, 6) is -2.99. The van der Waals surface area contributed by atoms with Gasteiger partial charge in [-0.05, 0) is 31.5 Å². The van der Waals surface area contributed by atoms with Crippen LogP contribution in [0.5, 0.6) is 5.88 Å². The van der Waals surface area contributed by atoms with Crippen LogP contribution in [0.2, 0.25) is 0 Å². The zero-order chi connectivity index (χ0) is 19.7. The molecule has 0 N–H and O–H groups in total. The zero-order valence-electron chi connectivity index (χ0n) is 13.4.